The highest BCUT2D eigenvalue weighted by Gasteiger charge is 2.36. The van der Waals surface area contributed by atoms with Gasteiger partial charge in [-0.1, -0.05) is 11.6 Å². The first-order valence-electron chi connectivity index (χ1n) is 10.8. The Morgan fingerprint density at radius 1 is 1.13 bits per heavy atom. The van der Waals surface area contributed by atoms with Crippen LogP contribution in [-0.4, -0.2) is 57.0 Å². The van der Waals surface area contributed by atoms with Gasteiger partial charge in [0, 0.05) is 44.6 Å². The van der Waals surface area contributed by atoms with E-state index in [0.717, 1.165) is 25.0 Å². The summed E-state index contributed by atoms with van der Waals surface area (Å²) < 4.78 is 34.4. The van der Waals surface area contributed by atoms with Crippen molar-refractivity contribution in [1.82, 2.24) is 9.29 Å². The molecule has 2 fully saturated rings. The molecule has 1 aliphatic carbocycles. The van der Waals surface area contributed by atoms with Crippen molar-refractivity contribution in [3.63, 3.8) is 0 Å². The minimum Gasteiger partial charge on any atom is -0.494 e. The Labute approximate surface area is 189 Å². The molecule has 9 heteroatoms. The second-order valence-corrected chi connectivity index (χ2v) is 10.3. The molecular weight excluding hydrogens is 436 g/mol. The maximum absolute atomic E-state index is 12.8. The van der Waals surface area contributed by atoms with Gasteiger partial charge >= 0.3 is 10.2 Å². The number of unbranched alkanes of at least 4 members (excludes halogenated alkanes) is 2. The van der Waals surface area contributed by atoms with E-state index in [1.54, 1.807) is 12.1 Å². The highest BCUT2D eigenvalue weighted by Crippen LogP contribution is 2.31. The third-order valence-corrected chi connectivity index (χ3v) is 7.99. The summed E-state index contributed by atoms with van der Waals surface area (Å²) in [4.78, 5) is 6.24. The Hall–Kier alpha value is -2.03. The third-order valence-electron chi connectivity index (χ3n) is 5.81. The van der Waals surface area contributed by atoms with Crippen LogP contribution in [0.1, 0.15) is 32.1 Å². The molecule has 1 aliphatic heterocycles. The van der Waals surface area contributed by atoms with Crippen LogP contribution < -0.4 is 13.9 Å². The van der Waals surface area contributed by atoms with Gasteiger partial charge in [0.1, 0.15) is 10.9 Å². The number of anilines is 2. The van der Waals surface area contributed by atoms with Crippen LogP contribution in [0.3, 0.4) is 0 Å². The first-order chi connectivity index (χ1) is 14.9. The van der Waals surface area contributed by atoms with E-state index in [1.165, 1.54) is 33.3 Å². The van der Waals surface area contributed by atoms with E-state index in [9.17, 15) is 8.42 Å². The average molecular weight is 465 g/mol. The molecule has 168 valence electrons. The van der Waals surface area contributed by atoms with Gasteiger partial charge in [-0.3, -0.25) is 4.31 Å². The quantitative estimate of drug-likeness (QED) is 0.393. The van der Waals surface area contributed by atoms with Gasteiger partial charge in [-0.25, -0.2) is 4.98 Å². The van der Waals surface area contributed by atoms with Crippen LogP contribution in [0.5, 0.6) is 5.75 Å². The minimum absolute atomic E-state index is 0.288. The Bertz CT molecular complexity index is 983. The maximum atomic E-state index is 12.8. The zero-order chi connectivity index (χ0) is 21.8. The lowest BCUT2D eigenvalue weighted by molar-refractivity contribution is 0.302. The zero-order valence-corrected chi connectivity index (χ0v) is 19.4. The molecule has 0 bridgehead atoms. The van der Waals surface area contributed by atoms with Crippen molar-refractivity contribution in [3.05, 3.63) is 47.7 Å². The normalized spacial score (nSPS) is 18.3. The summed E-state index contributed by atoms with van der Waals surface area (Å²) in [5, 5.41) is 0.288. The molecule has 0 N–H and O–H groups in total. The fourth-order valence-corrected chi connectivity index (χ4v) is 5.63. The average Bonchev–Trinajstić information content (AvgIpc) is 3.55. The predicted molar refractivity (Wildman–Crippen MR) is 124 cm³/mol. The van der Waals surface area contributed by atoms with Crippen LogP contribution in [0.4, 0.5) is 11.4 Å². The second kappa shape index (κ2) is 9.63. The monoisotopic (exact) mass is 464 g/mol. The number of aromatic nitrogens is 1. The fraction of sp³-hybridized carbons (Fsp3) is 0.500. The molecule has 2 heterocycles. The first kappa shape index (κ1) is 22.2. The molecule has 2 aromatic rings. The van der Waals surface area contributed by atoms with Crippen LogP contribution in [0, 0.1) is 0 Å². The number of rotatable bonds is 10. The highest BCUT2D eigenvalue weighted by molar-refractivity contribution is 7.90. The summed E-state index contributed by atoms with van der Waals surface area (Å²) in [6, 6.07) is 12.2. The van der Waals surface area contributed by atoms with Crippen LogP contribution in [0.25, 0.3) is 0 Å². The summed E-state index contributed by atoms with van der Waals surface area (Å²) in [6.45, 7) is 2.06. The lowest BCUT2D eigenvalue weighted by atomic mass is 10.2. The van der Waals surface area contributed by atoms with Crippen LogP contribution in [0.15, 0.2) is 42.6 Å². The molecule has 0 spiro atoms. The smallest absolute Gasteiger partial charge is 0.304 e. The Morgan fingerprint density at radius 3 is 2.61 bits per heavy atom. The SMILES string of the molecule is CN(c1ccc(OCCCCCN2CCN(c3ccnc(Cl)c3)S2(=O)=O)cc1)C1CC1. The van der Waals surface area contributed by atoms with Gasteiger partial charge in [-0.15, -0.1) is 0 Å². The van der Waals surface area contributed by atoms with Crippen molar-refractivity contribution in [2.75, 3.05) is 42.5 Å². The molecule has 7 nitrogen and oxygen atoms in total. The van der Waals surface area contributed by atoms with Crippen LogP contribution in [0.2, 0.25) is 5.15 Å². The van der Waals surface area contributed by atoms with Gasteiger partial charge in [-0.2, -0.15) is 12.7 Å². The minimum atomic E-state index is -3.50. The van der Waals surface area contributed by atoms with E-state index in [1.807, 2.05) is 12.1 Å². The van der Waals surface area contributed by atoms with E-state index < -0.39 is 10.2 Å². The van der Waals surface area contributed by atoms with Gasteiger partial charge < -0.3 is 9.64 Å². The number of halogens is 1. The summed E-state index contributed by atoms with van der Waals surface area (Å²) in [5.41, 5.74) is 1.79. The molecule has 1 saturated carbocycles. The van der Waals surface area contributed by atoms with Crippen molar-refractivity contribution < 1.29 is 13.2 Å². The first-order valence-corrected chi connectivity index (χ1v) is 12.6. The van der Waals surface area contributed by atoms with Crippen molar-refractivity contribution in [3.8, 4) is 5.75 Å². The topological polar surface area (TPSA) is 66.0 Å². The molecule has 4 rings (SSSR count). The van der Waals surface area contributed by atoms with E-state index in [0.29, 0.717) is 38.0 Å². The Balaban J connectivity index is 1.16. The fourth-order valence-electron chi connectivity index (χ4n) is 3.82. The van der Waals surface area contributed by atoms with Gasteiger partial charge in [0.2, 0.25) is 0 Å². The molecule has 1 aromatic heterocycles. The molecule has 0 radical (unpaired) electrons. The van der Waals surface area contributed by atoms with Gasteiger partial charge in [-0.05, 0) is 68.5 Å². The van der Waals surface area contributed by atoms with E-state index in [2.05, 4.69) is 29.1 Å². The van der Waals surface area contributed by atoms with Crippen LogP contribution in [-0.2, 0) is 10.2 Å². The number of ether oxygens (including phenoxy) is 1. The maximum Gasteiger partial charge on any atom is 0.304 e. The van der Waals surface area contributed by atoms with Crippen molar-refractivity contribution >= 4 is 33.2 Å². The van der Waals surface area contributed by atoms with E-state index >= 15 is 0 Å². The Kier molecular flexibility index (Phi) is 6.89. The number of pyridine rings is 1. The predicted octanol–water partition coefficient (Wildman–Crippen LogP) is 3.95. The molecule has 1 saturated heterocycles. The van der Waals surface area contributed by atoms with Gasteiger partial charge in [0.25, 0.3) is 0 Å². The number of benzene rings is 1. The molecule has 31 heavy (non-hydrogen) atoms. The summed E-state index contributed by atoms with van der Waals surface area (Å²) in [7, 11) is -1.36. The van der Waals surface area contributed by atoms with Gasteiger partial charge in [0.05, 0.1) is 12.3 Å². The molecule has 0 amide bonds. The molecule has 2 aliphatic rings. The molecule has 0 unspecified atom stereocenters. The number of nitrogens with zero attached hydrogens (tertiary/aromatic N) is 4. The molecule has 0 atom stereocenters. The van der Waals surface area contributed by atoms with Crippen molar-refractivity contribution in [2.24, 2.45) is 0 Å². The lowest BCUT2D eigenvalue weighted by Gasteiger charge is -2.20. The van der Waals surface area contributed by atoms with Crippen LogP contribution >= 0.6 is 11.6 Å². The Morgan fingerprint density at radius 2 is 1.90 bits per heavy atom. The summed E-state index contributed by atoms with van der Waals surface area (Å²) in [5.74, 6) is 0.877. The second-order valence-electron chi connectivity index (χ2n) is 8.06. The molecule has 1 aromatic carbocycles. The third kappa shape index (κ3) is 5.42. The number of hydrogen-bond donors (Lipinski definition) is 0. The zero-order valence-electron chi connectivity index (χ0n) is 17.8. The largest absolute Gasteiger partial charge is 0.494 e. The highest BCUT2D eigenvalue weighted by atomic mass is 35.5. The standard InChI is InChI=1S/C22H29ClN4O3S/c1-25(18-5-6-18)19-7-9-21(10-8-19)30-16-4-2-3-13-26-14-15-27(31(26,28)29)20-11-12-24-22(23)17-20/h7-12,17-18H,2-6,13-16H2,1H3. The van der Waals surface area contributed by atoms with E-state index in [-0.39, 0.29) is 5.15 Å². The van der Waals surface area contributed by atoms with E-state index in [4.69, 9.17) is 16.3 Å². The van der Waals surface area contributed by atoms with Crippen molar-refractivity contribution in [1.29, 1.82) is 0 Å². The lowest BCUT2D eigenvalue weighted by Crippen LogP contribution is -2.33. The molecular formula is C22H29ClN4O3S. The number of hydrogen-bond acceptors (Lipinski definition) is 5. The van der Waals surface area contributed by atoms with Crippen molar-refractivity contribution in [2.45, 2.75) is 38.1 Å². The summed E-state index contributed by atoms with van der Waals surface area (Å²) in [6.07, 6.45) is 6.69. The summed E-state index contributed by atoms with van der Waals surface area (Å²) >= 11 is 5.91. The van der Waals surface area contributed by atoms with Gasteiger partial charge in [0.15, 0.2) is 0 Å².